The predicted molar refractivity (Wildman–Crippen MR) is 121 cm³/mol. The van der Waals surface area contributed by atoms with Crippen LogP contribution in [0.15, 0.2) is 23.3 Å². The van der Waals surface area contributed by atoms with Crippen molar-refractivity contribution in [2.45, 2.75) is 58.0 Å². The first-order valence-electron chi connectivity index (χ1n) is 11.6. The summed E-state index contributed by atoms with van der Waals surface area (Å²) in [7, 11) is 1.65. The molecule has 0 bridgehead atoms. The van der Waals surface area contributed by atoms with Gasteiger partial charge in [0.15, 0.2) is 5.96 Å². The van der Waals surface area contributed by atoms with E-state index in [-0.39, 0.29) is 12.0 Å². The average Bonchev–Trinajstić information content (AvgIpc) is 3.27. The summed E-state index contributed by atoms with van der Waals surface area (Å²) in [6.07, 6.45) is 8.42. The summed E-state index contributed by atoms with van der Waals surface area (Å²) in [5, 5.41) is 6.82. The van der Waals surface area contributed by atoms with E-state index >= 15 is 0 Å². The fraction of sp³-hybridized carbons (Fsp3) is 0.696. The van der Waals surface area contributed by atoms with E-state index < -0.39 is 0 Å². The maximum Gasteiger partial charge on any atom is 0.225 e. The van der Waals surface area contributed by atoms with Gasteiger partial charge in [-0.2, -0.15) is 0 Å². The van der Waals surface area contributed by atoms with E-state index in [1.165, 1.54) is 19.3 Å². The van der Waals surface area contributed by atoms with Gasteiger partial charge in [0.2, 0.25) is 11.8 Å². The van der Waals surface area contributed by atoms with Crippen molar-refractivity contribution in [1.29, 1.82) is 0 Å². The summed E-state index contributed by atoms with van der Waals surface area (Å²) >= 11 is 0. The van der Waals surface area contributed by atoms with Gasteiger partial charge in [0, 0.05) is 50.5 Å². The van der Waals surface area contributed by atoms with Gasteiger partial charge in [-0.15, -0.1) is 0 Å². The molecule has 2 heterocycles. The van der Waals surface area contributed by atoms with E-state index in [1.807, 2.05) is 24.0 Å². The molecule has 2 aliphatic rings. The van der Waals surface area contributed by atoms with Gasteiger partial charge < -0.3 is 25.0 Å². The summed E-state index contributed by atoms with van der Waals surface area (Å²) in [6, 6.07) is 4.08. The summed E-state index contributed by atoms with van der Waals surface area (Å²) < 4.78 is 10.8. The van der Waals surface area contributed by atoms with E-state index in [9.17, 15) is 4.79 Å². The Morgan fingerprint density at radius 2 is 2.10 bits per heavy atom. The molecule has 172 valence electrons. The van der Waals surface area contributed by atoms with E-state index in [2.05, 4.69) is 15.6 Å². The zero-order chi connectivity index (χ0) is 21.9. The van der Waals surface area contributed by atoms with Crippen molar-refractivity contribution in [3.63, 3.8) is 0 Å². The largest absolute Gasteiger partial charge is 0.475 e. The number of rotatable bonds is 9. The molecule has 3 rings (SSSR count). The van der Waals surface area contributed by atoms with Crippen LogP contribution in [0.25, 0.3) is 0 Å². The van der Waals surface area contributed by atoms with Crippen molar-refractivity contribution < 1.29 is 14.3 Å². The molecule has 1 aromatic rings. The van der Waals surface area contributed by atoms with Crippen molar-refractivity contribution in [3.05, 3.63) is 23.9 Å². The fourth-order valence-corrected chi connectivity index (χ4v) is 4.26. The number of carbonyl (C=O) groups excluding carboxylic acids is 1. The van der Waals surface area contributed by atoms with Crippen molar-refractivity contribution in [2.24, 2.45) is 10.9 Å². The molecular weight excluding hydrogens is 394 g/mol. The van der Waals surface area contributed by atoms with Gasteiger partial charge in [0.1, 0.15) is 6.61 Å². The Balaban J connectivity index is 1.55. The minimum absolute atomic E-state index is 0.219. The van der Waals surface area contributed by atoms with Crippen LogP contribution in [0.5, 0.6) is 5.88 Å². The third kappa shape index (κ3) is 7.09. The standard InChI is InChI=1S/C23H37N5O3/c1-3-24-23(26-16-19-10-7-12-25-21(19)31-15-14-30-2)27-20-11-13-28(17-20)22(29)18-8-5-4-6-9-18/h7,10,12,18,20H,3-6,8-9,11,13-17H2,1-2H3,(H2,24,26,27). The smallest absolute Gasteiger partial charge is 0.225 e. The minimum atomic E-state index is 0.219. The molecule has 0 aromatic carbocycles. The highest BCUT2D eigenvalue weighted by molar-refractivity contribution is 5.81. The molecule has 1 aliphatic heterocycles. The molecule has 2 fully saturated rings. The van der Waals surface area contributed by atoms with Gasteiger partial charge >= 0.3 is 0 Å². The molecule has 1 unspecified atom stereocenters. The Morgan fingerprint density at radius 3 is 2.87 bits per heavy atom. The molecule has 2 N–H and O–H groups in total. The first kappa shape index (κ1) is 23.3. The van der Waals surface area contributed by atoms with Gasteiger partial charge in [0.05, 0.1) is 13.2 Å². The van der Waals surface area contributed by atoms with Crippen LogP contribution in [0.3, 0.4) is 0 Å². The third-order valence-corrected chi connectivity index (χ3v) is 5.92. The highest BCUT2D eigenvalue weighted by Gasteiger charge is 2.31. The lowest BCUT2D eigenvalue weighted by atomic mass is 9.88. The molecule has 31 heavy (non-hydrogen) atoms. The lowest BCUT2D eigenvalue weighted by Crippen LogP contribution is -2.45. The number of pyridine rings is 1. The molecule has 8 nitrogen and oxygen atoms in total. The van der Waals surface area contributed by atoms with Crippen molar-refractivity contribution in [2.75, 3.05) is 40.0 Å². The number of nitrogens with one attached hydrogen (secondary N) is 2. The Kier molecular flexibility index (Phi) is 9.39. The second-order valence-electron chi connectivity index (χ2n) is 8.25. The van der Waals surface area contributed by atoms with Crippen molar-refractivity contribution in [3.8, 4) is 5.88 Å². The molecule has 8 heteroatoms. The van der Waals surface area contributed by atoms with Crippen LogP contribution < -0.4 is 15.4 Å². The number of methoxy groups -OCH3 is 1. The monoisotopic (exact) mass is 431 g/mol. The number of ether oxygens (including phenoxy) is 2. The zero-order valence-corrected chi connectivity index (χ0v) is 18.9. The second kappa shape index (κ2) is 12.5. The number of guanidine groups is 1. The minimum Gasteiger partial charge on any atom is -0.475 e. The second-order valence-corrected chi connectivity index (χ2v) is 8.25. The Bertz CT molecular complexity index is 721. The molecule has 1 aromatic heterocycles. The van der Waals surface area contributed by atoms with Crippen molar-refractivity contribution in [1.82, 2.24) is 20.5 Å². The van der Waals surface area contributed by atoms with Crippen LogP contribution in [0.4, 0.5) is 0 Å². The van der Waals surface area contributed by atoms with Crippen LogP contribution in [-0.2, 0) is 16.1 Å². The Morgan fingerprint density at radius 1 is 1.26 bits per heavy atom. The third-order valence-electron chi connectivity index (χ3n) is 5.92. The molecule has 1 saturated carbocycles. The molecule has 1 aliphatic carbocycles. The predicted octanol–water partition coefficient (Wildman–Crippen LogP) is 2.34. The SMILES string of the molecule is CCNC(=NCc1cccnc1OCCOC)NC1CCN(C(=O)C2CCCCC2)C1. The van der Waals surface area contributed by atoms with Gasteiger partial charge in [-0.1, -0.05) is 25.3 Å². The number of likely N-dealkylation sites (tertiary alicyclic amines) is 1. The summed E-state index contributed by atoms with van der Waals surface area (Å²) in [5.41, 5.74) is 0.927. The van der Waals surface area contributed by atoms with Crippen LogP contribution in [0, 0.1) is 5.92 Å². The van der Waals surface area contributed by atoms with Gasteiger partial charge in [-0.3, -0.25) is 4.79 Å². The van der Waals surface area contributed by atoms with Crippen LogP contribution in [0.2, 0.25) is 0 Å². The lowest BCUT2D eigenvalue weighted by Gasteiger charge is -2.26. The number of nitrogens with zero attached hydrogens (tertiary/aromatic N) is 3. The lowest BCUT2D eigenvalue weighted by molar-refractivity contribution is -0.135. The number of aromatic nitrogens is 1. The van der Waals surface area contributed by atoms with Gasteiger partial charge in [-0.25, -0.2) is 9.98 Å². The van der Waals surface area contributed by atoms with Crippen LogP contribution >= 0.6 is 0 Å². The first-order valence-corrected chi connectivity index (χ1v) is 11.6. The molecule has 1 atom stereocenters. The number of carbonyl (C=O) groups is 1. The fourth-order valence-electron chi connectivity index (χ4n) is 4.26. The van der Waals surface area contributed by atoms with Crippen molar-refractivity contribution >= 4 is 11.9 Å². The van der Waals surface area contributed by atoms with Gasteiger partial charge in [-0.05, 0) is 32.3 Å². The maximum absolute atomic E-state index is 12.8. The summed E-state index contributed by atoms with van der Waals surface area (Å²) in [4.78, 5) is 23.9. The normalized spacial score (nSPS) is 20.0. The van der Waals surface area contributed by atoms with E-state index in [4.69, 9.17) is 14.5 Å². The van der Waals surface area contributed by atoms with Crippen LogP contribution in [-0.4, -0.2) is 67.8 Å². The van der Waals surface area contributed by atoms with Gasteiger partial charge in [0.25, 0.3) is 0 Å². The molecule has 0 radical (unpaired) electrons. The van der Waals surface area contributed by atoms with E-state index in [1.54, 1.807) is 13.3 Å². The number of hydrogen-bond acceptors (Lipinski definition) is 5. The number of amides is 1. The zero-order valence-electron chi connectivity index (χ0n) is 18.9. The average molecular weight is 432 g/mol. The molecular formula is C23H37N5O3. The molecule has 0 spiro atoms. The maximum atomic E-state index is 12.8. The first-order chi connectivity index (χ1) is 15.2. The highest BCUT2D eigenvalue weighted by atomic mass is 16.5. The number of aliphatic imine (C=N–C) groups is 1. The highest BCUT2D eigenvalue weighted by Crippen LogP contribution is 2.26. The Hall–Kier alpha value is -2.35. The van der Waals surface area contributed by atoms with E-state index in [0.717, 1.165) is 50.4 Å². The topological polar surface area (TPSA) is 88.1 Å². The summed E-state index contributed by atoms with van der Waals surface area (Å²) in [5.74, 6) is 1.92. The molecule has 1 amide bonds. The number of hydrogen-bond donors (Lipinski definition) is 2. The van der Waals surface area contributed by atoms with Crippen LogP contribution in [0.1, 0.15) is 51.0 Å². The Labute approximate surface area is 185 Å². The van der Waals surface area contributed by atoms with E-state index in [0.29, 0.717) is 31.5 Å². The molecule has 1 saturated heterocycles. The quantitative estimate of drug-likeness (QED) is 0.355. The summed E-state index contributed by atoms with van der Waals surface area (Å²) in [6.45, 7) is 5.83.